The number of carbonyl (C=O) groups is 1. The van der Waals surface area contributed by atoms with E-state index in [4.69, 9.17) is 5.11 Å². The Bertz CT molecular complexity index is 884. The van der Waals surface area contributed by atoms with Crippen LogP contribution in [0.15, 0.2) is 47.5 Å². The van der Waals surface area contributed by atoms with Crippen LogP contribution in [0.1, 0.15) is 18.8 Å². The summed E-state index contributed by atoms with van der Waals surface area (Å²) in [6.07, 6.45) is 1.80. The van der Waals surface area contributed by atoms with E-state index in [2.05, 4.69) is 15.3 Å². The second-order valence-corrected chi connectivity index (χ2v) is 4.69. The molecule has 0 bridgehead atoms. The summed E-state index contributed by atoms with van der Waals surface area (Å²) in [7, 11) is 0. The highest BCUT2D eigenvalue weighted by atomic mass is 16.4. The predicted octanol–water partition coefficient (Wildman–Crippen LogP) is 1.21. The molecule has 22 heavy (non-hydrogen) atoms. The van der Waals surface area contributed by atoms with Crippen molar-refractivity contribution < 1.29 is 9.90 Å². The third-order valence-electron chi connectivity index (χ3n) is 3.20. The molecule has 3 rings (SSSR count). The zero-order valence-corrected chi connectivity index (χ0v) is 11.7. The van der Waals surface area contributed by atoms with Crippen molar-refractivity contribution in [2.75, 3.05) is 0 Å². The summed E-state index contributed by atoms with van der Waals surface area (Å²) in [5, 5.41) is 11.2. The summed E-state index contributed by atoms with van der Waals surface area (Å²) in [5.74, 6) is 0.503. The van der Waals surface area contributed by atoms with Crippen LogP contribution in [0.25, 0.3) is 11.5 Å². The lowest BCUT2D eigenvalue weighted by molar-refractivity contribution is 0.190. The lowest BCUT2D eigenvalue weighted by Crippen LogP contribution is -2.35. The highest BCUT2D eigenvalue weighted by Gasteiger charge is 2.19. The zero-order valence-electron chi connectivity index (χ0n) is 11.7. The van der Waals surface area contributed by atoms with E-state index in [1.807, 2.05) is 6.07 Å². The van der Waals surface area contributed by atoms with Crippen molar-refractivity contribution in [1.82, 2.24) is 24.3 Å². The number of carboxylic acid groups (broad SMARTS) is 1. The van der Waals surface area contributed by atoms with Crippen LogP contribution >= 0.6 is 0 Å². The number of nitrogens with zero attached hydrogens (tertiary/aromatic N) is 4. The smallest absolute Gasteiger partial charge is 0.405 e. The van der Waals surface area contributed by atoms with E-state index in [-0.39, 0.29) is 17.3 Å². The Morgan fingerprint density at radius 2 is 2.05 bits per heavy atom. The van der Waals surface area contributed by atoms with Gasteiger partial charge in [-0.3, -0.25) is 0 Å². The first-order chi connectivity index (χ1) is 10.6. The average Bonchev–Trinajstić information content (AvgIpc) is 2.96. The minimum absolute atomic E-state index is 0.228. The van der Waals surface area contributed by atoms with Gasteiger partial charge in [-0.15, -0.1) is 0 Å². The molecule has 112 valence electrons. The summed E-state index contributed by atoms with van der Waals surface area (Å²) in [5.41, 5.74) is 0.243. The van der Waals surface area contributed by atoms with Gasteiger partial charge in [-0.05, 0) is 19.1 Å². The molecule has 2 aromatic heterocycles. The molecule has 1 amide bonds. The number of amides is 1. The van der Waals surface area contributed by atoms with Gasteiger partial charge >= 0.3 is 11.8 Å². The number of benzene rings is 1. The van der Waals surface area contributed by atoms with E-state index in [9.17, 15) is 9.59 Å². The number of imidazole rings is 1. The first-order valence-corrected chi connectivity index (χ1v) is 6.59. The van der Waals surface area contributed by atoms with E-state index in [1.165, 1.54) is 21.4 Å². The monoisotopic (exact) mass is 299 g/mol. The Hall–Kier alpha value is -3.16. The fourth-order valence-corrected chi connectivity index (χ4v) is 2.25. The molecule has 0 saturated heterocycles. The van der Waals surface area contributed by atoms with Crippen LogP contribution < -0.4 is 11.0 Å². The third-order valence-corrected chi connectivity index (χ3v) is 3.20. The minimum atomic E-state index is -1.19. The molecule has 0 aliphatic rings. The Labute approximate surface area is 124 Å². The fourth-order valence-electron chi connectivity index (χ4n) is 2.25. The molecule has 0 radical (unpaired) electrons. The van der Waals surface area contributed by atoms with Gasteiger partial charge in [-0.1, -0.05) is 18.2 Å². The Morgan fingerprint density at radius 1 is 1.32 bits per heavy atom. The quantitative estimate of drug-likeness (QED) is 0.757. The Morgan fingerprint density at radius 3 is 2.73 bits per heavy atom. The van der Waals surface area contributed by atoms with Gasteiger partial charge in [0.1, 0.15) is 5.82 Å². The van der Waals surface area contributed by atoms with Crippen molar-refractivity contribution in [3.8, 4) is 5.69 Å². The maximum Gasteiger partial charge on any atom is 0.405 e. The standard InChI is InChI=1S/C14H13N5O3/c1-9(16-13(20)21)11-17-12-15-7-8-18(12)14(22)19(11)10-5-3-2-4-6-10/h2-9,16H,1H3,(H,20,21). The van der Waals surface area contributed by atoms with Crippen molar-refractivity contribution in [3.05, 3.63) is 59.0 Å². The first kappa shape index (κ1) is 13.8. The molecule has 0 spiro atoms. The first-order valence-electron chi connectivity index (χ1n) is 6.59. The van der Waals surface area contributed by atoms with E-state index >= 15 is 0 Å². The summed E-state index contributed by atoms with van der Waals surface area (Å²) >= 11 is 0. The SMILES string of the molecule is CC(NC(=O)O)c1nc2nccn2c(=O)n1-c1ccccc1. The highest BCUT2D eigenvalue weighted by molar-refractivity contribution is 5.65. The highest BCUT2D eigenvalue weighted by Crippen LogP contribution is 2.14. The molecule has 0 aliphatic heterocycles. The maximum atomic E-state index is 12.7. The van der Waals surface area contributed by atoms with Crippen LogP contribution in [0.3, 0.4) is 0 Å². The zero-order chi connectivity index (χ0) is 15.7. The molecule has 8 heteroatoms. The van der Waals surface area contributed by atoms with Crippen LogP contribution in [-0.2, 0) is 0 Å². The summed E-state index contributed by atoms with van der Waals surface area (Å²) < 4.78 is 2.68. The normalized spacial score (nSPS) is 12.2. The second-order valence-electron chi connectivity index (χ2n) is 4.69. The predicted molar refractivity (Wildman–Crippen MR) is 78.2 cm³/mol. The Balaban J connectivity index is 2.29. The summed E-state index contributed by atoms with van der Waals surface area (Å²) in [6.45, 7) is 1.62. The number of hydrogen-bond acceptors (Lipinski definition) is 4. The van der Waals surface area contributed by atoms with Crippen LogP contribution in [-0.4, -0.2) is 30.1 Å². The molecule has 0 aliphatic carbocycles. The molecule has 1 aromatic carbocycles. The van der Waals surface area contributed by atoms with Gasteiger partial charge in [-0.2, -0.15) is 4.98 Å². The number of fused-ring (bicyclic) bond motifs is 1. The van der Waals surface area contributed by atoms with Crippen LogP contribution in [0.2, 0.25) is 0 Å². The van der Waals surface area contributed by atoms with Crippen LogP contribution in [0, 0.1) is 0 Å². The number of hydrogen-bond donors (Lipinski definition) is 2. The van der Waals surface area contributed by atoms with Gasteiger partial charge in [0.15, 0.2) is 0 Å². The Kier molecular flexibility index (Phi) is 3.34. The van der Waals surface area contributed by atoms with Gasteiger partial charge in [0, 0.05) is 12.4 Å². The van der Waals surface area contributed by atoms with Crippen LogP contribution in [0.4, 0.5) is 4.79 Å². The van der Waals surface area contributed by atoms with Gasteiger partial charge in [0.25, 0.3) is 0 Å². The molecular formula is C14H13N5O3. The molecule has 2 heterocycles. The number of para-hydroxylation sites is 1. The fraction of sp³-hybridized carbons (Fsp3) is 0.143. The average molecular weight is 299 g/mol. The maximum absolute atomic E-state index is 12.7. The van der Waals surface area contributed by atoms with Gasteiger partial charge in [0.05, 0.1) is 11.7 Å². The van der Waals surface area contributed by atoms with Crippen molar-refractivity contribution in [1.29, 1.82) is 0 Å². The largest absolute Gasteiger partial charge is 0.465 e. The van der Waals surface area contributed by atoms with Crippen molar-refractivity contribution >= 4 is 11.9 Å². The minimum Gasteiger partial charge on any atom is -0.465 e. The van der Waals surface area contributed by atoms with Crippen molar-refractivity contribution in [2.24, 2.45) is 0 Å². The summed E-state index contributed by atoms with van der Waals surface area (Å²) in [4.78, 5) is 31.9. The van der Waals surface area contributed by atoms with Gasteiger partial charge < -0.3 is 10.4 Å². The van der Waals surface area contributed by atoms with E-state index in [0.29, 0.717) is 5.69 Å². The number of rotatable bonds is 3. The molecule has 3 aromatic rings. The molecular weight excluding hydrogens is 286 g/mol. The van der Waals surface area contributed by atoms with Crippen molar-refractivity contribution in [3.63, 3.8) is 0 Å². The van der Waals surface area contributed by atoms with E-state index < -0.39 is 12.1 Å². The molecule has 1 atom stereocenters. The molecule has 8 nitrogen and oxygen atoms in total. The lowest BCUT2D eigenvalue weighted by Gasteiger charge is -2.17. The van der Waals surface area contributed by atoms with Crippen LogP contribution in [0.5, 0.6) is 0 Å². The number of aromatic nitrogens is 4. The third kappa shape index (κ3) is 2.30. The second kappa shape index (κ2) is 5.32. The van der Waals surface area contributed by atoms with E-state index in [0.717, 1.165) is 0 Å². The van der Waals surface area contributed by atoms with Gasteiger partial charge in [-0.25, -0.2) is 23.5 Å². The van der Waals surface area contributed by atoms with E-state index in [1.54, 1.807) is 31.2 Å². The lowest BCUT2D eigenvalue weighted by atomic mass is 10.2. The molecule has 2 N–H and O–H groups in total. The van der Waals surface area contributed by atoms with Gasteiger partial charge in [0.2, 0.25) is 5.78 Å². The molecule has 1 unspecified atom stereocenters. The number of nitrogens with one attached hydrogen (secondary N) is 1. The van der Waals surface area contributed by atoms with Crippen molar-refractivity contribution in [2.45, 2.75) is 13.0 Å². The summed E-state index contributed by atoms with van der Waals surface area (Å²) in [6, 6.07) is 8.24. The molecule has 0 saturated carbocycles. The molecule has 0 fully saturated rings. The topological polar surface area (TPSA) is 102 Å².